The molecule has 19 heavy (non-hydrogen) atoms. The van der Waals surface area contributed by atoms with Gasteiger partial charge in [-0.25, -0.2) is 4.98 Å². The van der Waals surface area contributed by atoms with Gasteiger partial charge in [-0.1, -0.05) is 0 Å². The third-order valence-corrected chi connectivity index (χ3v) is 3.56. The summed E-state index contributed by atoms with van der Waals surface area (Å²) in [4.78, 5) is 28.6. The lowest BCUT2D eigenvalue weighted by Crippen LogP contribution is -2.40. The Balaban J connectivity index is 2.32. The highest BCUT2D eigenvalue weighted by atomic mass is 32.1. The van der Waals surface area contributed by atoms with Crippen molar-refractivity contribution in [1.29, 1.82) is 0 Å². The van der Waals surface area contributed by atoms with Crippen molar-refractivity contribution in [1.82, 2.24) is 9.88 Å². The molecule has 1 aromatic carbocycles. The predicted octanol–water partition coefficient (Wildman–Crippen LogP) is 2.23. The monoisotopic (exact) mass is 278 g/mol. The van der Waals surface area contributed by atoms with Crippen LogP contribution in [0.25, 0.3) is 10.2 Å². The van der Waals surface area contributed by atoms with Crippen molar-refractivity contribution < 1.29 is 14.7 Å². The average molecular weight is 278 g/mol. The molecule has 0 aliphatic rings. The van der Waals surface area contributed by atoms with Gasteiger partial charge in [-0.3, -0.25) is 9.59 Å². The van der Waals surface area contributed by atoms with Gasteiger partial charge < -0.3 is 10.0 Å². The molecule has 0 aliphatic carbocycles. The van der Waals surface area contributed by atoms with Crippen molar-refractivity contribution in [3.63, 3.8) is 0 Å². The second-order valence-electron chi connectivity index (χ2n) is 4.46. The van der Waals surface area contributed by atoms with Crippen LogP contribution >= 0.6 is 11.3 Å². The van der Waals surface area contributed by atoms with E-state index in [4.69, 9.17) is 5.11 Å². The number of carboxylic acid groups (broad SMARTS) is 1. The fourth-order valence-electron chi connectivity index (χ4n) is 1.79. The first-order chi connectivity index (χ1) is 8.99. The van der Waals surface area contributed by atoms with Crippen LogP contribution in [0.5, 0.6) is 0 Å². The number of benzene rings is 1. The van der Waals surface area contributed by atoms with Crippen molar-refractivity contribution in [3.8, 4) is 0 Å². The minimum absolute atomic E-state index is 0.166. The summed E-state index contributed by atoms with van der Waals surface area (Å²) in [5.41, 5.74) is 3.05. The Kier molecular flexibility index (Phi) is 3.80. The summed E-state index contributed by atoms with van der Waals surface area (Å²) in [7, 11) is 0. The summed E-state index contributed by atoms with van der Waals surface area (Å²) < 4.78 is 0.921. The van der Waals surface area contributed by atoms with Gasteiger partial charge in [-0.15, -0.1) is 11.3 Å². The third kappa shape index (κ3) is 2.90. The number of hydrogen-bond donors (Lipinski definition) is 1. The number of aliphatic carboxylic acids is 1. The highest BCUT2D eigenvalue weighted by molar-refractivity contribution is 7.16. The first kappa shape index (κ1) is 13.5. The number of thiazole rings is 1. The Bertz CT molecular complexity index is 621. The SMILES string of the molecule is CC(C)N(CC(=O)O)C(=O)c1ccc2ncsc2c1. The van der Waals surface area contributed by atoms with Gasteiger partial charge in [0.2, 0.25) is 0 Å². The molecule has 2 aromatic rings. The third-order valence-electron chi connectivity index (χ3n) is 2.77. The Hall–Kier alpha value is -1.95. The van der Waals surface area contributed by atoms with E-state index in [1.807, 2.05) is 0 Å². The van der Waals surface area contributed by atoms with E-state index in [9.17, 15) is 9.59 Å². The average Bonchev–Trinajstić information content (AvgIpc) is 2.81. The number of fused-ring (bicyclic) bond motifs is 1. The van der Waals surface area contributed by atoms with Gasteiger partial charge in [0.25, 0.3) is 5.91 Å². The number of carbonyl (C=O) groups is 2. The molecule has 6 heteroatoms. The second kappa shape index (κ2) is 5.36. The van der Waals surface area contributed by atoms with Gasteiger partial charge in [0.05, 0.1) is 15.7 Å². The summed E-state index contributed by atoms with van der Waals surface area (Å²) in [5.74, 6) is -1.28. The van der Waals surface area contributed by atoms with Crippen LogP contribution in [0.2, 0.25) is 0 Å². The van der Waals surface area contributed by atoms with E-state index in [1.165, 1.54) is 16.2 Å². The lowest BCUT2D eigenvalue weighted by atomic mass is 10.1. The van der Waals surface area contributed by atoms with Crippen LogP contribution in [-0.2, 0) is 4.79 Å². The zero-order valence-corrected chi connectivity index (χ0v) is 11.5. The zero-order chi connectivity index (χ0) is 14.0. The normalized spacial score (nSPS) is 10.9. The molecule has 1 aromatic heterocycles. The number of hydrogen-bond acceptors (Lipinski definition) is 4. The summed E-state index contributed by atoms with van der Waals surface area (Å²) in [6.45, 7) is 3.30. The van der Waals surface area contributed by atoms with Crippen LogP contribution in [0.1, 0.15) is 24.2 Å². The molecule has 5 nitrogen and oxygen atoms in total. The summed E-state index contributed by atoms with van der Waals surface area (Å²) in [6.07, 6.45) is 0. The fourth-order valence-corrected chi connectivity index (χ4v) is 2.50. The maximum Gasteiger partial charge on any atom is 0.323 e. The molecule has 1 heterocycles. The Morgan fingerprint density at radius 3 is 2.79 bits per heavy atom. The van der Waals surface area contributed by atoms with Crippen LogP contribution < -0.4 is 0 Å². The van der Waals surface area contributed by atoms with Crippen molar-refractivity contribution in [2.24, 2.45) is 0 Å². The molecule has 1 amide bonds. The van der Waals surface area contributed by atoms with Crippen molar-refractivity contribution in [3.05, 3.63) is 29.3 Å². The van der Waals surface area contributed by atoms with E-state index in [0.717, 1.165) is 10.2 Å². The van der Waals surface area contributed by atoms with Gasteiger partial charge in [0, 0.05) is 11.6 Å². The molecule has 0 radical (unpaired) electrons. The quantitative estimate of drug-likeness (QED) is 0.931. The number of rotatable bonds is 4. The topological polar surface area (TPSA) is 70.5 Å². The van der Waals surface area contributed by atoms with E-state index >= 15 is 0 Å². The van der Waals surface area contributed by atoms with Crippen LogP contribution in [0.4, 0.5) is 0 Å². The summed E-state index contributed by atoms with van der Waals surface area (Å²) in [6, 6.07) is 5.05. The second-order valence-corrected chi connectivity index (χ2v) is 5.34. The van der Waals surface area contributed by atoms with Crippen LogP contribution in [0, 0.1) is 0 Å². The molecule has 0 aliphatic heterocycles. The molecule has 0 saturated carbocycles. The number of amides is 1. The van der Waals surface area contributed by atoms with Gasteiger partial charge in [-0.2, -0.15) is 0 Å². The van der Waals surface area contributed by atoms with Gasteiger partial charge in [0.1, 0.15) is 6.54 Å². The maximum atomic E-state index is 12.3. The van der Waals surface area contributed by atoms with E-state index < -0.39 is 5.97 Å². The fraction of sp³-hybridized carbons (Fsp3) is 0.308. The van der Waals surface area contributed by atoms with Crippen LogP contribution in [-0.4, -0.2) is 39.5 Å². The van der Waals surface area contributed by atoms with Gasteiger partial charge >= 0.3 is 5.97 Å². The van der Waals surface area contributed by atoms with Crippen LogP contribution in [0.3, 0.4) is 0 Å². The Morgan fingerprint density at radius 1 is 1.42 bits per heavy atom. The van der Waals surface area contributed by atoms with E-state index in [1.54, 1.807) is 37.6 Å². The highest BCUT2D eigenvalue weighted by Gasteiger charge is 2.21. The molecule has 0 fully saturated rings. The number of carboxylic acids is 1. The molecule has 0 bridgehead atoms. The standard InChI is InChI=1S/C13H14N2O3S/c1-8(2)15(6-12(16)17)13(18)9-3-4-10-11(5-9)19-7-14-10/h3-5,7-8H,6H2,1-2H3,(H,16,17). The Morgan fingerprint density at radius 2 is 2.16 bits per heavy atom. The smallest absolute Gasteiger partial charge is 0.323 e. The lowest BCUT2D eigenvalue weighted by molar-refractivity contribution is -0.138. The van der Waals surface area contributed by atoms with E-state index in [0.29, 0.717) is 5.56 Å². The van der Waals surface area contributed by atoms with Crippen molar-refractivity contribution >= 4 is 33.4 Å². The summed E-state index contributed by atoms with van der Waals surface area (Å²) in [5, 5.41) is 8.87. The molecular formula is C13H14N2O3S. The van der Waals surface area contributed by atoms with Crippen molar-refractivity contribution in [2.75, 3.05) is 6.54 Å². The molecule has 100 valence electrons. The maximum absolute atomic E-state index is 12.3. The molecule has 0 saturated heterocycles. The molecule has 2 rings (SSSR count). The molecule has 1 N–H and O–H groups in total. The van der Waals surface area contributed by atoms with Crippen molar-refractivity contribution in [2.45, 2.75) is 19.9 Å². The van der Waals surface area contributed by atoms with E-state index in [2.05, 4.69) is 4.98 Å². The number of aromatic nitrogens is 1. The first-order valence-electron chi connectivity index (χ1n) is 5.85. The highest BCUT2D eigenvalue weighted by Crippen LogP contribution is 2.20. The minimum atomic E-state index is -1.01. The Labute approximate surface area is 114 Å². The molecule has 0 atom stereocenters. The minimum Gasteiger partial charge on any atom is -0.480 e. The van der Waals surface area contributed by atoms with Gasteiger partial charge in [-0.05, 0) is 32.0 Å². The molecular weight excluding hydrogens is 264 g/mol. The first-order valence-corrected chi connectivity index (χ1v) is 6.73. The largest absolute Gasteiger partial charge is 0.480 e. The molecule has 0 unspecified atom stereocenters. The van der Waals surface area contributed by atoms with Crippen LogP contribution in [0.15, 0.2) is 23.7 Å². The van der Waals surface area contributed by atoms with Gasteiger partial charge in [0.15, 0.2) is 0 Å². The van der Waals surface area contributed by atoms with E-state index in [-0.39, 0.29) is 18.5 Å². The number of carbonyl (C=O) groups excluding carboxylic acids is 1. The lowest BCUT2D eigenvalue weighted by Gasteiger charge is -2.24. The zero-order valence-electron chi connectivity index (χ0n) is 10.7. The predicted molar refractivity (Wildman–Crippen MR) is 73.4 cm³/mol. The molecule has 0 spiro atoms. The summed E-state index contributed by atoms with van der Waals surface area (Å²) >= 11 is 1.45. The number of nitrogens with zero attached hydrogens (tertiary/aromatic N) is 2.